The van der Waals surface area contributed by atoms with Crippen molar-refractivity contribution in [1.29, 1.82) is 0 Å². The maximum absolute atomic E-state index is 10.4. The zero-order valence-corrected chi connectivity index (χ0v) is 5.74. The molecule has 0 aliphatic rings. The summed E-state index contributed by atoms with van der Waals surface area (Å²) in [6.07, 6.45) is 6.31. The van der Waals surface area contributed by atoms with Crippen LogP contribution in [0.5, 0.6) is 0 Å². The van der Waals surface area contributed by atoms with Gasteiger partial charge in [0, 0.05) is 18.5 Å². The zero-order chi connectivity index (χ0) is 8.10. The monoisotopic (exact) mass is 152 g/mol. The molecule has 4 nitrogen and oxygen atoms in total. The Morgan fingerprint density at radius 3 is 3.09 bits per heavy atom. The predicted molar refractivity (Wildman–Crippen MR) is 39.8 cm³/mol. The third-order valence-electron chi connectivity index (χ3n) is 1.16. The summed E-state index contributed by atoms with van der Waals surface area (Å²) in [5, 5.41) is 8.10. The van der Waals surface area contributed by atoms with Crippen LogP contribution in [0.2, 0.25) is 0 Å². The van der Waals surface area contributed by atoms with Crippen LogP contribution in [-0.2, 0) is 4.79 Å². The minimum absolute atomic E-state index is 0.536. The number of carbonyl (C=O) groups is 1. The highest BCUT2D eigenvalue weighted by atomic mass is 16.5. The van der Waals surface area contributed by atoms with Crippen molar-refractivity contribution in [2.75, 3.05) is 0 Å². The van der Waals surface area contributed by atoms with Gasteiger partial charge >= 0.3 is 0 Å². The number of aromatic nitrogens is 1. The van der Waals surface area contributed by atoms with Gasteiger partial charge in [-0.2, -0.15) is 0 Å². The van der Waals surface area contributed by atoms with E-state index in [1.165, 1.54) is 11.6 Å². The van der Waals surface area contributed by atoms with E-state index in [0.717, 1.165) is 5.56 Å². The molecule has 0 aliphatic heterocycles. The van der Waals surface area contributed by atoms with Crippen LogP contribution in [0.1, 0.15) is 5.56 Å². The molecule has 0 unspecified atom stereocenters. The predicted octanol–water partition coefficient (Wildman–Crippen LogP) is 0.533. The van der Waals surface area contributed by atoms with Gasteiger partial charge in [0.1, 0.15) is 0 Å². The largest absolute Gasteiger partial charge is 0.367 e. The third kappa shape index (κ3) is 2.27. The van der Waals surface area contributed by atoms with Crippen molar-refractivity contribution in [2.45, 2.75) is 0 Å². The van der Waals surface area contributed by atoms with Gasteiger partial charge in [0.05, 0.1) is 0 Å². The summed E-state index contributed by atoms with van der Waals surface area (Å²) in [5.41, 5.74) is 2.37. The quantitative estimate of drug-likeness (QED) is 0.329. The molecule has 0 saturated carbocycles. The third-order valence-corrected chi connectivity index (χ3v) is 1.16. The second-order valence-electron chi connectivity index (χ2n) is 1.95. The van der Waals surface area contributed by atoms with Gasteiger partial charge in [-0.25, -0.2) is 5.48 Å². The van der Waals surface area contributed by atoms with Crippen LogP contribution in [0.4, 0.5) is 0 Å². The van der Waals surface area contributed by atoms with Crippen LogP contribution >= 0.6 is 0 Å². The van der Waals surface area contributed by atoms with E-state index in [1.54, 1.807) is 24.5 Å². The van der Waals surface area contributed by atoms with Gasteiger partial charge in [-0.05, 0) is 17.7 Å². The van der Waals surface area contributed by atoms with Gasteiger partial charge in [-0.3, -0.25) is 10.0 Å². The molecule has 0 radical (unpaired) electrons. The molecule has 3 N–H and O–H groups in total. The van der Waals surface area contributed by atoms with Crippen LogP contribution in [0.3, 0.4) is 0 Å². The number of rotatable bonds is 2. The van der Waals surface area contributed by atoms with Crippen molar-refractivity contribution < 1.29 is 10.0 Å². The van der Waals surface area contributed by atoms with E-state index in [2.05, 4.69) is 4.98 Å². The Hall–Kier alpha value is -1.55. The highest BCUT2D eigenvalue weighted by Gasteiger charge is 1.89. The summed E-state index contributed by atoms with van der Waals surface area (Å²) in [6.45, 7) is 0. The van der Waals surface area contributed by atoms with Crippen LogP contribution in [-0.4, -0.2) is 16.1 Å². The lowest BCUT2D eigenvalue weighted by Crippen LogP contribution is -2.14. The second kappa shape index (κ2) is 3.58. The van der Waals surface area contributed by atoms with E-state index in [4.69, 9.17) is 5.21 Å². The molecule has 1 amide bonds. The van der Waals surface area contributed by atoms with Gasteiger partial charge in [-0.1, -0.05) is 0 Å². The molecule has 0 bridgehead atoms. The topological polar surface area (TPSA) is 65.1 Å². The number of H-pyrrole nitrogens is 1. The molecular formula is C7H8N2O2. The summed E-state index contributed by atoms with van der Waals surface area (Å²) in [7, 11) is 0. The lowest BCUT2D eigenvalue weighted by atomic mass is 10.3. The highest BCUT2D eigenvalue weighted by molar-refractivity contribution is 5.90. The lowest BCUT2D eigenvalue weighted by molar-refractivity contribution is -0.124. The number of hydroxylamine groups is 1. The van der Waals surface area contributed by atoms with E-state index in [0.29, 0.717) is 0 Å². The van der Waals surface area contributed by atoms with E-state index in [1.807, 2.05) is 0 Å². The van der Waals surface area contributed by atoms with Gasteiger partial charge in [0.15, 0.2) is 0 Å². The Bertz CT molecular complexity index is 251. The van der Waals surface area contributed by atoms with Gasteiger partial charge in [-0.15, -0.1) is 0 Å². The van der Waals surface area contributed by atoms with Crippen molar-refractivity contribution in [3.05, 3.63) is 30.1 Å². The first-order valence-electron chi connectivity index (χ1n) is 3.08. The molecule has 1 aromatic rings. The molecule has 0 aliphatic carbocycles. The fourth-order valence-electron chi connectivity index (χ4n) is 0.650. The zero-order valence-electron chi connectivity index (χ0n) is 5.74. The molecule has 0 aromatic carbocycles. The summed E-state index contributed by atoms with van der Waals surface area (Å²) in [6, 6.07) is 1.81. The van der Waals surface area contributed by atoms with Gasteiger partial charge in [0.2, 0.25) is 0 Å². The van der Waals surface area contributed by atoms with Crippen LogP contribution in [0, 0.1) is 0 Å². The Morgan fingerprint density at radius 1 is 1.73 bits per heavy atom. The van der Waals surface area contributed by atoms with Crippen molar-refractivity contribution in [3.63, 3.8) is 0 Å². The van der Waals surface area contributed by atoms with Crippen molar-refractivity contribution in [3.8, 4) is 0 Å². The molecular weight excluding hydrogens is 144 g/mol. The molecule has 0 saturated heterocycles. The number of aromatic amines is 1. The summed E-state index contributed by atoms with van der Waals surface area (Å²) >= 11 is 0. The Balaban J connectivity index is 2.55. The van der Waals surface area contributed by atoms with Crippen molar-refractivity contribution >= 4 is 12.0 Å². The average molecular weight is 152 g/mol. The maximum atomic E-state index is 10.4. The molecule has 1 aromatic heterocycles. The first kappa shape index (κ1) is 7.56. The van der Waals surface area contributed by atoms with Crippen molar-refractivity contribution in [2.24, 2.45) is 0 Å². The molecule has 4 heteroatoms. The molecule has 1 heterocycles. The molecule has 0 spiro atoms. The second-order valence-corrected chi connectivity index (χ2v) is 1.95. The normalized spacial score (nSPS) is 10.3. The molecule has 58 valence electrons. The number of amides is 1. The molecule has 11 heavy (non-hydrogen) atoms. The number of carbonyl (C=O) groups excluding carboxylic acids is 1. The first-order valence-corrected chi connectivity index (χ1v) is 3.08. The van der Waals surface area contributed by atoms with E-state index < -0.39 is 5.91 Å². The number of nitrogens with one attached hydrogen (secondary N) is 2. The summed E-state index contributed by atoms with van der Waals surface area (Å²) in [4.78, 5) is 13.3. The number of hydrogen-bond donors (Lipinski definition) is 3. The first-order chi connectivity index (χ1) is 5.33. The Labute approximate surface area is 63.5 Å². The molecule has 0 atom stereocenters. The maximum Gasteiger partial charge on any atom is 0.267 e. The highest BCUT2D eigenvalue weighted by Crippen LogP contribution is 1.98. The Kier molecular flexibility index (Phi) is 2.46. The van der Waals surface area contributed by atoms with Crippen molar-refractivity contribution in [1.82, 2.24) is 10.5 Å². The smallest absolute Gasteiger partial charge is 0.267 e. The molecule has 0 fully saturated rings. The molecule has 1 rings (SSSR count). The summed E-state index contributed by atoms with van der Waals surface area (Å²) < 4.78 is 0. The van der Waals surface area contributed by atoms with E-state index in [9.17, 15) is 4.79 Å². The minimum atomic E-state index is -0.536. The fraction of sp³-hybridized carbons (Fsp3) is 0. The van der Waals surface area contributed by atoms with Gasteiger partial charge in [0.25, 0.3) is 5.91 Å². The lowest BCUT2D eigenvalue weighted by Gasteiger charge is -1.86. The van der Waals surface area contributed by atoms with Crippen LogP contribution in [0.25, 0.3) is 6.08 Å². The average Bonchev–Trinajstić information content (AvgIpc) is 2.52. The fourth-order valence-corrected chi connectivity index (χ4v) is 0.650. The summed E-state index contributed by atoms with van der Waals surface area (Å²) in [5.74, 6) is -0.536. The standard InChI is InChI=1S/C7H8N2O2/c10-7(9-11)2-1-6-3-4-8-5-6/h1-5,8,11H,(H,9,10). The van der Waals surface area contributed by atoms with Gasteiger partial charge < -0.3 is 4.98 Å². The van der Waals surface area contributed by atoms with Crippen LogP contribution in [0.15, 0.2) is 24.5 Å². The Morgan fingerprint density at radius 2 is 2.55 bits per heavy atom. The van der Waals surface area contributed by atoms with E-state index >= 15 is 0 Å². The SMILES string of the molecule is O=C(C=Cc1cc[nH]c1)NO. The van der Waals surface area contributed by atoms with Crippen LogP contribution < -0.4 is 5.48 Å². The van der Waals surface area contributed by atoms with E-state index in [-0.39, 0.29) is 0 Å². The number of hydrogen-bond acceptors (Lipinski definition) is 2. The minimum Gasteiger partial charge on any atom is -0.367 e.